The molecule has 0 aromatic heterocycles. The Kier molecular flexibility index (Phi) is 3.78. The molecule has 1 rings (SSSR count). The Morgan fingerprint density at radius 1 is 0.938 bits per heavy atom. The second-order valence-corrected chi connectivity index (χ2v) is 6.52. The maximum Gasteiger partial charge on any atom is 0.0153 e. The summed E-state index contributed by atoms with van der Waals surface area (Å²) < 4.78 is 0. The number of rotatable bonds is 6. The van der Waals surface area contributed by atoms with Crippen molar-refractivity contribution < 1.29 is 0 Å². The molecule has 1 fully saturated rings. The van der Waals surface area contributed by atoms with Gasteiger partial charge < -0.3 is 0 Å². The monoisotopic (exact) mass is 220 g/mol. The molecule has 16 heavy (non-hydrogen) atoms. The van der Waals surface area contributed by atoms with E-state index >= 15 is 0 Å². The predicted molar refractivity (Wildman–Crippen MR) is 72.2 cm³/mol. The summed E-state index contributed by atoms with van der Waals surface area (Å²) >= 11 is 0. The van der Waals surface area contributed by atoms with Crippen LogP contribution >= 0.6 is 0 Å². The van der Waals surface area contributed by atoms with Crippen molar-refractivity contribution in [3.63, 3.8) is 0 Å². The molecule has 1 saturated carbocycles. The molecule has 0 bridgehead atoms. The fraction of sp³-hybridized carbons (Fsp3) is 0.875. The highest BCUT2D eigenvalue weighted by Gasteiger charge is 2.75. The first-order chi connectivity index (χ1) is 7.37. The van der Waals surface area contributed by atoms with Crippen molar-refractivity contribution in [1.82, 2.24) is 0 Å². The third-order valence-electron chi connectivity index (χ3n) is 5.75. The van der Waals surface area contributed by atoms with E-state index in [1.165, 1.54) is 32.1 Å². The quantitative estimate of drug-likeness (QED) is 0.435. The maximum atomic E-state index is 5.58. The Bertz CT molecular complexity index is 261. The molecule has 0 aromatic carbocycles. The summed E-state index contributed by atoms with van der Waals surface area (Å²) in [6.07, 6.45) is 13.3. The fourth-order valence-corrected chi connectivity index (χ4v) is 3.73. The second-order valence-electron chi connectivity index (χ2n) is 6.52. The van der Waals surface area contributed by atoms with Gasteiger partial charge in [0.25, 0.3) is 0 Å². The van der Waals surface area contributed by atoms with Gasteiger partial charge in [0.05, 0.1) is 0 Å². The van der Waals surface area contributed by atoms with Crippen LogP contribution in [0.3, 0.4) is 0 Å². The van der Waals surface area contributed by atoms with E-state index in [9.17, 15) is 0 Å². The molecule has 0 nitrogen and oxygen atoms in total. The summed E-state index contributed by atoms with van der Waals surface area (Å²) in [4.78, 5) is 0. The predicted octanol–water partition coefficient (Wildman–Crippen LogP) is 5.03. The molecule has 0 unspecified atom stereocenters. The molecule has 92 valence electrons. The van der Waals surface area contributed by atoms with Gasteiger partial charge in [0, 0.05) is 6.42 Å². The summed E-state index contributed by atoms with van der Waals surface area (Å²) in [5.74, 6) is 2.92. The van der Waals surface area contributed by atoms with E-state index in [1.807, 2.05) is 0 Å². The van der Waals surface area contributed by atoms with Crippen LogP contribution in [-0.4, -0.2) is 0 Å². The van der Waals surface area contributed by atoms with Crippen LogP contribution in [0.1, 0.15) is 73.1 Å². The van der Waals surface area contributed by atoms with Gasteiger partial charge in [0.1, 0.15) is 0 Å². The van der Waals surface area contributed by atoms with Gasteiger partial charge in [-0.25, -0.2) is 0 Å². The smallest absolute Gasteiger partial charge is 0.0153 e. The third-order valence-corrected chi connectivity index (χ3v) is 5.75. The van der Waals surface area contributed by atoms with Crippen molar-refractivity contribution in [1.29, 1.82) is 0 Å². The number of hydrogen-bond acceptors (Lipinski definition) is 0. The third kappa shape index (κ3) is 1.69. The molecule has 1 aliphatic carbocycles. The number of terminal acetylenes is 1. The maximum absolute atomic E-state index is 5.58. The van der Waals surface area contributed by atoms with E-state index < -0.39 is 0 Å². The largest absolute Gasteiger partial charge is 0.120 e. The molecule has 1 aliphatic rings. The molecule has 0 aliphatic heterocycles. The molecule has 0 aromatic rings. The molecular formula is C16H28. The average molecular weight is 220 g/mol. The van der Waals surface area contributed by atoms with Gasteiger partial charge in [-0.15, -0.1) is 12.3 Å². The lowest BCUT2D eigenvalue weighted by Crippen LogP contribution is -2.10. The van der Waals surface area contributed by atoms with Gasteiger partial charge in [0.2, 0.25) is 0 Å². The van der Waals surface area contributed by atoms with Crippen molar-refractivity contribution in [3.8, 4) is 12.3 Å². The Morgan fingerprint density at radius 3 is 1.88 bits per heavy atom. The van der Waals surface area contributed by atoms with Crippen molar-refractivity contribution in [2.24, 2.45) is 16.2 Å². The second kappa shape index (κ2) is 4.44. The van der Waals surface area contributed by atoms with Crippen LogP contribution in [0.5, 0.6) is 0 Å². The Hall–Kier alpha value is -0.440. The lowest BCUT2D eigenvalue weighted by molar-refractivity contribution is 0.330. The van der Waals surface area contributed by atoms with E-state index in [4.69, 9.17) is 6.42 Å². The zero-order valence-corrected chi connectivity index (χ0v) is 11.8. The highest BCUT2D eigenvalue weighted by molar-refractivity contribution is 5.25. The lowest BCUT2D eigenvalue weighted by atomic mass is 9.85. The molecule has 0 amide bonds. The molecule has 0 heterocycles. The summed E-state index contributed by atoms with van der Waals surface area (Å²) in [5, 5.41) is 0. The fourth-order valence-electron chi connectivity index (χ4n) is 3.73. The van der Waals surface area contributed by atoms with E-state index in [-0.39, 0.29) is 0 Å². The van der Waals surface area contributed by atoms with E-state index in [1.54, 1.807) is 0 Å². The van der Waals surface area contributed by atoms with Gasteiger partial charge >= 0.3 is 0 Å². The van der Waals surface area contributed by atoms with E-state index in [0.29, 0.717) is 16.2 Å². The zero-order valence-electron chi connectivity index (χ0n) is 11.8. The van der Waals surface area contributed by atoms with Crippen molar-refractivity contribution >= 4 is 0 Å². The van der Waals surface area contributed by atoms with Crippen LogP contribution in [0.2, 0.25) is 0 Å². The Morgan fingerprint density at radius 2 is 1.50 bits per heavy atom. The molecule has 0 N–H and O–H groups in total. The SMILES string of the molecule is C#CCC1(CCCCCC)C(C)(C)C1(C)C. The van der Waals surface area contributed by atoms with Gasteiger partial charge in [-0.05, 0) is 22.7 Å². The highest BCUT2D eigenvalue weighted by atomic mass is 14.8. The first-order valence-electron chi connectivity index (χ1n) is 6.81. The van der Waals surface area contributed by atoms with Crippen LogP contribution in [0.25, 0.3) is 0 Å². The minimum atomic E-state index is 0.405. The van der Waals surface area contributed by atoms with Crippen LogP contribution in [0.4, 0.5) is 0 Å². The first-order valence-corrected chi connectivity index (χ1v) is 6.81. The minimum absolute atomic E-state index is 0.405. The van der Waals surface area contributed by atoms with Crippen molar-refractivity contribution in [3.05, 3.63) is 0 Å². The van der Waals surface area contributed by atoms with Gasteiger partial charge in [-0.2, -0.15) is 0 Å². The number of unbranched alkanes of at least 4 members (excludes halogenated alkanes) is 3. The Balaban J connectivity index is 2.61. The summed E-state index contributed by atoms with van der Waals surface area (Å²) in [7, 11) is 0. The molecule has 0 atom stereocenters. The van der Waals surface area contributed by atoms with Crippen LogP contribution in [0.15, 0.2) is 0 Å². The molecule has 0 spiro atoms. The van der Waals surface area contributed by atoms with Crippen LogP contribution in [0, 0.1) is 28.6 Å². The average Bonchev–Trinajstić information content (AvgIpc) is 2.53. The Labute approximate surface area is 102 Å². The number of hydrogen-bond donors (Lipinski definition) is 0. The van der Waals surface area contributed by atoms with Gasteiger partial charge in [-0.3, -0.25) is 0 Å². The summed E-state index contributed by atoms with van der Waals surface area (Å²) in [6.45, 7) is 11.8. The lowest BCUT2D eigenvalue weighted by Gasteiger charge is -2.19. The van der Waals surface area contributed by atoms with Crippen LogP contribution in [-0.2, 0) is 0 Å². The molecular weight excluding hydrogens is 192 g/mol. The summed E-state index contributed by atoms with van der Waals surface area (Å²) in [5.41, 5.74) is 1.24. The highest BCUT2D eigenvalue weighted by Crippen LogP contribution is 2.81. The topological polar surface area (TPSA) is 0 Å². The molecule has 0 heteroatoms. The summed E-state index contributed by atoms with van der Waals surface area (Å²) in [6, 6.07) is 0. The van der Waals surface area contributed by atoms with Crippen molar-refractivity contribution in [2.45, 2.75) is 73.1 Å². The van der Waals surface area contributed by atoms with E-state index in [0.717, 1.165) is 6.42 Å². The normalized spacial score (nSPS) is 23.8. The molecule has 0 radical (unpaired) electrons. The molecule has 0 saturated heterocycles. The zero-order chi connectivity index (χ0) is 12.4. The van der Waals surface area contributed by atoms with Crippen LogP contribution < -0.4 is 0 Å². The van der Waals surface area contributed by atoms with Gasteiger partial charge in [0.15, 0.2) is 0 Å². The standard InChI is InChI=1S/C16H28/c1-7-9-10-11-13-16(12-8-2)14(3,4)15(16,5)6/h2H,7,9-13H2,1,3-6H3. The van der Waals surface area contributed by atoms with E-state index in [2.05, 4.69) is 40.5 Å². The minimum Gasteiger partial charge on any atom is -0.120 e. The van der Waals surface area contributed by atoms with Gasteiger partial charge in [-0.1, -0.05) is 60.3 Å². The van der Waals surface area contributed by atoms with Crippen molar-refractivity contribution in [2.75, 3.05) is 0 Å². The first kappa shape index (κ1) is 13.6.